The van der Waals surface area contributed by atoms with E-state index in [2.05, 4.69) is 60.8 Å². The highest BCUT2D eigenvalue weighted by Crippen LogP contribution is 2.43. The van der Waals surface area contributed by atoms with Gasteiger partial charge in [0.05, 0.1) is 5.54 Å². The van der Waals surface area contributed by atoms with E-state index in [9.17, 15) is 5.11 Å². The first-order chi connectivity index (χ1) is 12.2. The summed E-state index contributed by atoms with van der Waals surface area (Å²) in [6, 6.07) is 17.9. The van der Waals surface area contributed by atoms with Gasteiger partial charge in [-0.15, -0.1) is 0 Å². The summed E-state index contributed by atoms with van der Waals surface area (Å²) in [5.74, 6) is 1.33. The van der Waals surface area contributed by atoms with Crippen LogP contribution in [0.25, 0.3) is 0 Å². The van der Waals surface area contributed by atoms with Gasteiger partial charge in [-0.05, 0) is 79.7 Å². The van der Waals surface area contributed by atoms with E-state index in [1.54, 1.807) is 0 Å². The lowest BCUT2D eigenvalue weighted by Crippen LogP contribution is -2.42. The van der Waals surface area contributed by atoms with E-state index in [-0.39, 0.29) is 12.1 Å². The minimum atomic E-state index is -0.135. The molecule has 4 rings (SSSR count). The number of nitrogens with one attached hydrogen (secondary N) is 1. The summed E-state index contributed by atoms with van der Waals surface area (Å²) in [5.41, 5.74) is 5.62. The monoisotopic (exact) mass is 335 g/mol. The van der Waals surface area contributed by atoms with Gasteiger partial charge < -0.3 is 10.4 Å². The van der Waals surface area contributed by atoms with Crippen molar-refractivity contribution in [3.8, 4) is 0 Å². The minimum absolute atomic E-state index is 0.135. The lowest BCUT2D eigenvalue weighted by Gasteiger charge is -2.34. The highest BCUT2D eigenvalue weighted by Gasteiger charge is 2.38. The van der Waals surface area contributed by atoms with E-state index in [0.717, 1.165) is 31.7 Å². The van der Waals surface area contributed by atoms with Crippen LogP contribution in [0.4, 0.5) is 0 Å². The Morgan fingerprint density at radius 2 is 1.76 bits per heavy atom. The van der Waals surface area contributed by atoms with Gasteiger partial charge in [0.15, 0.2) is 0 Å². The molecule has 25 heavy (non-hydrogen) atoms. The topological polar surface area (TPSA) is 32.3 Å². The molecular weight excluding hydrogens is 306 g/mol. The first kappa shape index (κ1) is 16.8. The summed E-state index contributed by atoms with van der Waals surface area (Å²) in [6.07, 6.45) is 5.71. The van der Waals surface area contributed by atoms with Crippen LogP contribution in [-0.2, 0) is 12.0 Å². The molecule has 2 aromatic rings. The number of rotatable bonds is 6. The molecule has 1 saturated carbocycles. The second-order valence-corrected chi connectivity index (χ2v) is 7.96. The third kappa shape index (κ3) is 3.26. The van der Waals surface area contributed by atoms with Crippen LogP contribution in [0.15, 0.2) is 48.5 Å². The van der Waals surface area contributed by atoms with E-state index >= 15 is 0 Å². The van der Waals surface area contributed by atoms with Crippen molar-refractivity contribution in [1.29, 1.82) is 0 Å². The number of hydrogen-bond acceptors (Lipinski definition) is 2. The molecule has 0 spiro atoms. The quantitative estimate of drug-likeness (QED) is 0.822. The molecule has 0 aliphatic heterocycles. The van der Waals surface area contributed by atoms with E-state index in [1.807, 2.05) is 0 Å². The molecule has 2 aliphatic rings. The summed E-state index contributed by atoms with van der Waals surface area (Å²) in [5, 5.41) is 13.3. The highest BCUT2D eigenvalue weighted by molar-refractivity contribution is 5.50. The van der Waals surface area contributed by atoms with Crippen molar-refractivity contribution >= 4 is 0 Å². The van der Waals surface area contributed by atoms with Crippen LogP contribution in [0, 0.1) is 5.92 Å². The van der Waals surface area contributed by atoms with Crippen LogP contribution >= 0.6 is 0 Å². The van der Waals surface area contributed by atoms with Gasteiger partial charge in [-0.25, -0.2) is 0 Å². The summed E-state index contributed by atoms with van der Waals surface area (Å²) in [7, 11) is 0. The van der Waals surface area contributed by atoms with Crippen molar-refractivity contribution in [3.05, 3.63) is 70.8 Å². The standard InChI is InChI=1S/C23H29NO/c1-23(24-16-17-12-13-17)21-10-4-2-7-19(21)15-18(8-6-14-25)20-9-3-5-11-22(20)23/h2-5,7,9-11,17-18,24-25H,6,8,12-16H2,1H3/t18-,23+/m1/s1. The van der Waals surface area contributed by atoms with E-state index in [1.165, 1.54) is 35.1 Å². The Hall–Kier alpha value is -1.64. The zero-order valence-corrected chi connectivity index (χ0v) is 15.2. The molecule has 132 valence electrons. The van der Waals surface area contributed by atoms with E-state index < -0.39 is 0 Å². The average molecular weight is 335 g/mol. The molecule has 0 heterocycles. The molecule has 2 N–H and O–H groups in total. The van der Waals surface area contributed by atoms with Crippen LogP contribution in [0.2, 0.25) is 0 Å². The van der Waals surface area contributed by atoms with E-state index in [4.69, 9.17) is 0 Å². The number of aliphatic hydroxyl groups excluding tert-OH is 1. The Kier molecular flexibility index (Phi) is 4.66. The summed E-state index contributed by atoms with van der Waals surface area (Å²) >= 11 is 0. The molecule has 2 aromatic carbocycles. The Bertz CT molecular complexity index is 736. The number of benzene rings is 2. The van der Waals surface area contributed by atoms with Gasteiger partial charge in [-0.2, -0.15) is 0 Å². The minimum Gasteiger partial charge on any atom is -0.396 e. The lowest BCUT2D eigenvalue weighted by atomic mass is 9.80. The fourth-order valence-corrected chi connectivity index (χ4v) is 4.47. The van der Waals surface area contributed by atoms with Crippen molar-refractivity contribution in [2.45, 2.75) is 50.5 Å². The first-order valence-corrected chi connectivity index (χ1v) is 9.76. The fraction of sp³-hybridized carbons (Fsp3) is 0.478. The van der Waals surface area contributed by atoms with Crippen molar-refractivity contribution in [2.24, 2.45) is 5.92 Å². The molecule has 2 heteroatoms. The smallest absolute Gasteiger partial charge is 0.0667 e. The van der Waals surface area contributed by atoms with Crippen LogP contribution in [0.3, 0.4) is 0 Å². The molecule has 2 atom stereocenters. The van der Waals surface area contributed by atoms with Crippen LogP contribution in [0.5, 0.6) is 0 Å². The normalized spacial score (nSPS) is 25.1. The second-order valence-electron chi connectivity index (χ2n) is 7.96. The molecule has 0 saturated heterocycles. The first-order valence-electron chi connectivity index (χ1n) is 9.76. The van der Waals surface area contributed by atoms with Gasteiger partial charge >= 0.3 is 0 Å². The summed E-state index contributed by atoms with van der Waals surface area (Å²) in [4.78, 5) is 0. The number of hydrogen-bond donors (Lipinski definition) is 2. The molecule has 0 bridgehead atoms. The van der Waals surface area contributed by atoms with Crippen molar-refractivity contribution in [3.63, 3.8) is 0 Å². The molecule has 0 radical (unpaired) electrons. The Balaban J connectivity index is 1.81. The molecule has 2 nitrogen and oxygen atoms in total. The highest BCUT2D eigenvalue weighted by atomic mass is 16.2. The average Bonchev–Trinajstić information content (AvgIpc) is 3.48. The fourth-order valence-electron chi connectivity index (χ4n) is 4.47. The maximum atomic E-state index is 9.35. The Labute approximate surface area is 151 Å². The van der Waals surface area contributed by atoms with Crippen molar-refractivity contribution < 1.29 is 5.11 Å². The summed E-state index contributed by atoms with van der Waals surface area (Å²) in [6.45, 7) is 3.74. The SMILES string of the molecule is C[C@]1(NCC2CC2)c2ccccc2C[C@@H](CCCO)c2ccccc21. The lowest BCUT2D eigenvalue weighted by molar-refractivity contribution is 0.279. The number of fused-ring (bicyclic) bond motifs is 2. The maximum Gasteiger partial charge on any atom is 0.0667 e. The Morgan fingerprint density at radius 3 is 2.52 bits per heavy atom. The van der Waals surface area contributed by atoms with E-state index in [0.29, 0.717) is 5.92 Å². The molecular formula is C23H29NO. The van der Waals surface area contributed by atoms with Crippen LogP contribution in [0.1, 0.15) is 60.8 Å². The maximum absolute atomic E-state index is 9.35. The summed E-state index contributed by atoms with van der Waals surface area (Å²) < 4.78 is 0. The van der Waals surface area contributed by atoms with Gasteiger partial charge in [-0.3, -0.25) is 0 Å². The van der Waals surface area contributed by atoms with Gasteiger partial charge in [-0.1, -0.05) is 48.5 Å². The van der Waals surface area contributed by atoms with Crippen LogP contribution < -0.4 is 5.32 Å². The Morgan fingerprint density at radius 1 is 1.04 bits per heavy atom. The molecule has 0 aromatic heterocycles. The molecule has 0 unspecified atom stereocenters. The predicted octanol–water partition coefficient (Wildman–Crippen LogP) is 4.36. The molecule has 1 fully saturated rings. The third-order valence-corrected chi connectivity index (χ3v) is 6.11. The van der Waals surface area contributed by atoms with Gasteiger partial charge in [0.1, 0.15) is 0 Å². The largest absolute Gasteiger partial charge is 0.396 e. The van der Waals surface area contributed by atoms with Crippen molar-refractivity contribution in [2.75, 3.05) is 13.2 Å². The second kappa shape index (κ2) is 6.93. The zero-order valence-electron chi connectivity index (χ0n) is 15.2. The zero-order chi connectivity index (χ0) is 17.3. The predicted molar refractivity (Wildman–Crippen MR) is 103 cm³/mol. The third-order valence-electron chi connectivity index (χ3n) is 6.11. The van der Waals surface area contributed by atoms with Crippen LogP contribution in [-0.4, -0.2) is 18.3 Å². The van der Waals surface area contributed by atoms with Gasteiger partial charge in [0, 0.05) is 6.61 Å². The van der Waals surface area contributed by atoms with Gasteiger partial charge in [0.2, 0.25) is 0 Å². The molecule has 2 aliphatic carbocycles. The molecule has 0 amide bonds. The van der Waals surface area contributed by atoms with Gasteiger partial charge in [0.25, 0.3) is 0 Å². The number of aliphatic hydroxyl groups is 1. The van der Waals surface area contributed by atoms with Crippen molar-refractivity contribution in [1.82, 2.24) is 5.32 Å².